The maximum Gasteiger partial charge on any atom is 0.346 e. The first kappa shape index (κ1) is 6.85. The molecule has 0 aliphatic rings. The van der Waals surface area contributed by atoms with Crippen molar-refractivity contribution >= 4 is 29.6 Å². The molecule has 0 aromatic carbocycles. The number of amides is 2. The van der Waals surface area contributed by atoms with Crippen molar-refractivity contribution in [3.63, 3.8) is 0 Å². The Hall–Kier alpha value is -0.150. The van der Waals surface area contributed by atoms with Crippen molar-refractivity contribution in [3.05, 3.63) is 0 Å². The molecule has 5 heteroatoms. The predicted octanol–water partition coefficient (Wildman–Crippen LogP) is 0.935. The van der Waals surface area contributed by atoms with E-state index >= 15 is 0 Å². The van der Waals surface area contributed by atoms with Gasteiger partial charge in [0.25, 0.3) is 0 Å². The summed E-state index contributed by atoms with van der Waals surface area (Å²) in [5.74, 6) is 0. The van der Waals surface area contributed by atoms with Crippen LogP contribution in [0.5, 0.6) is 0 Å². The monoisotopic (exact) mass is 142 g/mol. The van der Waals surface area contributed by atoms with Gasteiger partial charge in [-0.25, -0.2) is 14.0 Å². The molecule has 3 nitrogen and oxygen atoms in total. The molecule has 0 atom stereocenters. The van der Waals surface area contributed by atoms with Crippen LogP contribution in [0.4, 0.5) is 4.79 Å². The minimum Gasteiger partial charge on any atom is -0.249 e. The Morgan fingerprint density at radius 3 is 2.29 bits per heavy atom. The molecule has 0 heterocycles. The lowest BCUT2D eigenvalue weighted by molar-refractivity contribution is 0.235. The molecular formula is C2H4Cl2N2O. The van der Waals surface area contributed by atoms with Gasteiger partial charge in [0.15, 0.2) is 0 Å². The van der Waals surface area contributed by atoms with Crippen molar-refractivity contribution in [2.45, 2.75) is 0 Å². The highest BCUT2D eigenvalue weighted by atomic mass is 35.5. The van der Waals surface area contributed by atoms with Crippen LogP contribution in [0.15, 0.2) is 0 Å². The molecule has 0 spiro atoms. The fourth-order valence-corrected chi connectivity index (χ4v) is 0.271. The van der Waals surface area contributed by atoms with Gasteiger partial charge in [0.1, 0.15) is 0 Å². The SMILES string of the molecule is CN(Cl)C(=O)NCl. The maximum atomic E-state index is 10.1. The fraction of sp³-hybridized carbons (Fsp3) is 0.500. The van der Waals surface area contributed by atoms with E-state index in [2.05, 4.69) is 0 Å². The van der Waals surface area contributed by atoms with Crippen molar-refractivity contribution < 1.29 is 4.79 Å². The normalized spacial score (nSPS) is 7.86. The van der Waals surface area contributed by atoms with Crippen molar-refractivity contribution in [3.8, 4) is 0 Å². The van der Waals surface area contributed by atoms with E-state index in [-0.39, 0.29) is 0 Å². The highest BCUT2D eigenvalue weighted by Crippen LogP contribution is 1.86. The first-order valence-corrected chi connectivity index (χ1v) is 2.20. The van der Waals surface area contributed by atoms with E-state index in [0.717, 1.165) is 4.42 Å². The van der Waals surface area contributed by atoms with Gasteiger partial charge in [0, 0.05) is 30.6 Å². The maximum absolute atomic E-state index is 10.1. The van der Waals surface area contributed by atoms with Gasteiger partial charge in [-0.05, 0) is 0 Å². The molecule has 0 radical (unpaired) electrons. The van der Waals surface area contributed by atoms with Crippen LogP contribution < -0.4 is 4.84 Å². The molecule has 0 aliphatic heterocycles. The van der Waals surface area contributed by atoms with E-state index in [1.165, 1.54) is 7.05 Å². The van der Waals surface area contributed by atoms with Crippen LogP contribution in [-0.4, -0.2) is 17.5 Å². The van der Waals surface area contributed by atoms with E-state index < -0.39 is 6.03 Å². The number of halogens is 2. The second kappa shape index (κ2) is 2.93. The Morgan fingerprint density at radius 2 is 2.29 bits per heavy atom. The summed E-state index contributed by atoms with van der Waals surface area (Å²) in [5, 5.41) is 0. The number of hydrogen-bond donors (Lipinski definition) is 1. The summed E-state index contributed by atoms with van der Waals surface area (Å²) in [6, 6.07) is -0.539. The zero-order valence-corrected chi connectivity index (χ0v) is 5.12. The van der Waals surface area contributed by atoms with Gasteiger partial charge in [-0.1, -0.05) is 0 Å². The smallest absolute Gasteiger partial charge is 0.249 e. The van der Waals surface area contributed by atoms with Crippen molar-refractivity contribution in [1.29, 1.82) is 0 Å². The van der Waals surface area contributed by atoms with Crippen molar-refractivity contribution in [2.24, 2.45) is 0 Å². The van der Waals surface area contributed by atoms with Gasteiger partial charge < -0.3 is 0 Å². The summed E-state index contributed by atoms with van der Waals surface area (Å²) < 4.78 is 0.812. The average Bonchev–Trinajstić information content (AvgIpc) is 1.65. The second-order valence-electron chi connectivity index (χ2n) is 0.877. The Labute approximate surface area is 51.4 Å². The molecule has 0 aliphatic carbocycles. The van der Waals surface area contributed by atoms with E-state index in [1.807, 2.05) is 0 Å². The van der Waals surface area contributed by atoms with Crippen molar-refractivity contribution in [1.82, 2.24) is 9.25 Å². The van der Waals surface area contributed by atoms with E-state index in [9.17, 15) is 4.79 Å². The molecule has 0 unspecified atom stereocenters. The second-order valence-corrected chi connectivity index (χ2v) is 1.57. The summed E-state index contributed by atoms with van der Waals surface area (Å²) in [4.78, 5) is 11.9. The summed E-state index contributed by atoms with van der Waals surface area (Å²) in [5.41, 5.74) is 0. The predicted molar refractivity (Wildman–Crippen MR) is 28.0 cm³/mol. The van der Waals surface area contributed by atoms with E-state index in [1.54, 1.807) is 4.84 Å². The average molecular weight is 143 g/mol. The number of rotatable bonds is 0. The van der Waals surface area contributed by atoms with Crippen LogP contribution in [-0.2, 0) is 0 Å². The third kappa shape index (κ3) is 2.53. The van der Waals surface area contributed by atoms with Gasteiger partial charge >= 0.3 is 6.03 Å². The molecule has 0 rings (SSSR count). The van der Waals surface area contributed by atoms with Crippen molar-refractivity contribution in [2.75, 3.05) is 7.05 Å². The highest BCUT2D eigenvalue weighted by molar-refractivity contribution is 6.27. The standard InChI is InChI=1S/C2H4Cl2N2O/c1-6(4)2(7)5-3/h1H3,(H,5,7). The molecule has 42 valence electrons. The number of nitrogens with zero attached hydrogens (tertiary/aromatic N) is 1. The minimum atomic E-state index is -0.539. The Morgan fingerprint density at radius 1 is 1.86 bits per heavy atom. The minimum absolute atomic E-state index is 0.539. The summed E-state index contributed by atoms with van der Waals surface area (Å²) in [6.07, 6.45) is 0. The fourth-order valence-electron chi connectivity index (χ4n) is 0.0582. The third-order valence-electron chi connectivity index (χ3n) is 0.361. The Kier molecular flexibility index (Phi) is 2.87. The molecular weight excluding hydrogens is 139 g/mol. The summed E-state index contributed by atoms with van der Waals surface area (Å²) in [6.45, 7) is 0. The Bertz CT molecular complexity index is 74.1. The molecule has 0 aromatic heterocycles. The zero-order chi connectivity index (χ0) is 5.86. The first-order chi connectivity index (χ1) is 3.18. The van der Waals surface area contributed by atoms with Crippen LogP contribution in [0.1, 0.15) is 0 Å². The topological polar surface area (TPSA) is 32.3 Å². The lowest BCUT2D eigenvalue weighted by Crippen LogP contribution is -2.23. The van der Waals surface area contributed by atoms with Gasteiger partial charge in [-0.15, -0.1) is 0 Å². The number of hydrogen-bond acceptors (Lipinski definition) is 1. The molecule has 2 amide bonds. The molecule has 0 aromatic rings. The van der Waals surface area contributed by atoms with Crippen LogP contribution in [0.25, 0.3) is 0 Å². The summed E-state index contributed by atoms with van der Waals surface area (Å²) >= 11 is 9.89. The van der Waals surface area contributed by atoms with E-state index in [4.69, 9.17) is 23.6 Å². The largest absolute Gasteiger partial charge is 0.346 e. The number of urea groups is 1. The first-order valence-electron chi connectivity index (χ1n) is 1.48. The van der Waals surface area contributed by atoms with E-state index in [0.29, 0.717) is 0 Å². The summed E-state index contributed by atoms with van der Waals surface area (Å²) in [7, 11) is 1.37. The molecule has 7 heavy (non-hydrogen) atoms. The lowest BCUT2D eigenvalue weighted by atomic mass is 11.0. The Balaban J connectivity index is 3.35. The van der Waals surface area contributed by atoms with Crippen LogP contribution in [0.3, 0.4) is 0 Å². The van der Waals surface area contributed by atoms with Gasteiger partial charge in [-0.3, -0.25) is 0 Å². The number of nitrogens with one attached hydrogen (secondary N) is 1. The van der Waals surface area contributed by atoms with Gasteiger partial charge in [0.2, 0.25) is 0 Å². The molecule has 0 saturated carbocycles. The quantitative estimate of drug-likeness (QED) is 0.502. The molecule has 1 N–H and O–H groups in total. The third-order valence-corrected chi connectivity index (χ3v) is 0.676. The molecule has 0 fully saturated rings. The van der Waals surface area contributed by atoms with Gasteiger partial charge in [0.05, 0.1) is 0 Å². The number of carbonyl (C=O) groups excluding carboxylic acids is 1. The zero-order valence-electron chi connectivity index (χ0n) is 3.61. The van der Waals surface area contributed by atoms with Crippen LogP contribution >= 0.6 is 23.6 Å². The number of carbonyl (C=O) groups is 1. The van der Waals surface area contributed by atoms with Crippen LogP contribution in [0, 0.1) is 0 Å². The van der Waals surface area contributed by atoms with Crippen LogP contribution in [0.2, 0.25) is 0 Å². The highest BCUT2D eigenvalue weighted by Gasteiger charge is 1.99. The van der Waals surface area contributed by atoms with Gasteiger partial charge in [-0.2, -0.15) is 0 Å². The molecule has 0 bridgehead atoms. The molecule has 0 saturated heterocycles. The lowest BCUT2D eigenvalue weighted by Gasteiger charge is -2.01.